The summed E-state index contributed by atoms with van der Waals surface area (Å²) in [7, 11) is -6.74. The Hall–Kier alpha value is -1.50. The van der Waals surface area contributed by atoms with Crippen LogP contribution in [0, 0.1) is 0 Å². The van der Waals surface area contributed by atoms with E-state index in [1.54, 1.807) is 0 Å². The Morgan fingerprint density at radius 2 is 1.35 bits per heavy atom. The molecule has 1 aromatic rings. The van der Waals surface area contributed by atoms with Crippen LogP contribution in [0.1, 0.15) is 41.5 Å². The number of aromatic carboxylic acids is 2. The summed E-state index contributed by atoms with van der Waals surface area (Å²) < 4.78 is 30.5. The molecule has 0 saturated carbocycles. The van der Waals surface area contributed by atoms with Crippen molar-refractivity contribution >= 4 is 29.5 Å². The zero-order valence-electron chi connectivity index (χ0n) is 13.2. The van der Waals surface area contributed by atoms with Crippen molar-refractivity contribution < 1.29 is 32.2 Å². The summed E-state index contributed by atoms with van der Waals surface area (Å²) in [6, 6.07) is 2.75. The van der Waals surface area contributed by atoms with Crippen LogP contribution in [-0.2, 0) is 14.1 Å². The van der Waals surface area contributed by atoms with Crippen molar-refractivity contribution in [2.75, 3.05) is 18.5 Å². The topological polar surface area (TPSA) is 118 Å². The fourth-order valence-corrected chi connectivity index (χ4v) is 7.90. The van der Waals surface area contributed by atoms with Crippen molar-refractivity contribution in [3.8, 4) is 0 Å². The first-order chi connectivity index (χ1) is 10.6. The van der Waals surface area contributed by atoms with Gasteiger partial charge >= 0.3 is 135 Å². The molecule has 9 heteroatoms. The van der Waals surface area contributed by atoms with E-state index in [-0.39, 0.29) is 0 Å². The summed E-state index contributed by atoms with van der Waals surface area (Å²) in [5.74, 6) is -2.82. The average molecular weight is 364 g/mol. The average Bonchev–Trinajstić information content (AvgIpc) is 2.52. The van der Waals surface area contributed by atoms with Gasteiger partial charge in [0.25, 0.3) is 0 Å². The van der Waals surface area contributed by atoms with Crippen LogP contribution in [0.25, 0.3) is 0 Å². The molecule has 0 spiro atoms. The van der Waals surface area contributed by atoms with E-state index in [0.717, 1.165) is 18.2 Å². The molecule has 2 N–H and O–H groups in total. The van der Waals surface area contributed by atoms with Gasteiger partial charge in [0.1, 0.15) is 0 Å². The SMILES string of the molecule is CC[PH](CC)(CC)OS(=O)(=O)c1cc(C(=O)O)cc(C(=O)O)c1. The Labute approximate surface area is 135 Å². The molecule has 1 aromatic carbocycles. The normalized spacial score (nSPS) is 12.8. The minimum absolute atomic E-state index is 0.413. The fraction of sp³-hybridized carbons (Fsp3) is 0.429. The van der Waals surface area contributed by atoms with Crippen molar-refractivity contribution in [1.29, 1.82) is 0 Å². The van der Waals surface area contributed by atoms with Gasteiger partial charge in [-0.2, -0.15) is 0 Å². The Morgan fingerprint density at radius 3 is 1.65 bits per heavy atom. The van der Waals surface area contributed by atoms with Crippen LogP contribution in [-0.4, -0.2) is 49.1 Å². The van der Waals surface area contributed by atoms with Crippen molar-refractivity contribution in [3.05, 3.63) is 29.3 Å². The van der Waals surface area contributed by atoms with E-state index < -0.39 is 45.6 Å². The van der Waals surface area contributed by atoms with Gasteiger partial charge in [0.2, 0.25) is 0 Å². The first kappa shape index (κ1) is 19.5. The van der Waals surface area contributed by atoms with Gasteiger partial charge in [0, 0.05) is 0 Å². The Morgan fingerprint density at radius 1 is 0.957 bits per heavy atom. The molecule has 0 heterocycles. The number of carboxylic acids is 2. The summed E-state index contributed by atoms with van der Waals surface area (Å²) in [6.45, 7) is 5.56. The van der Waals surface area contributed by atoms with E-state index >= 15 is 0 Å². The number of carbonyl (C=O) groups is 2. The molecule has 7 nitrogen and oxygen atoms in total. The van der Waals surface area contributed by atoms with E-state index in [1.807, 2.05) is 20.8 Å². The van der Waals surface area contributed by atoms with Crippen LogP contribution in [0.4, 0.5) is 0 Å². The van der Waals surface area contributed by atoms with E-state index in [2.05, 4.69) is 0 Å². The summed E-state index contributed by atoms with van der Waals surface area (Å²) in [6.07, 6.45) is 1.76. The third-order valence-electron chi connectivity index (χ3n) is 3.91. The van der Waals surface area contributed by atoms with Crippen molar-refractivity contribution in [2.45, 2.75) is 25.7 Å². The van der Waals surface area contributed by atoms with Gasteiger partial charge in [-0.05, 0) is 0 Å². The third-order valence-corrected chi connectivity index (χ3v) is 10.9. The van der Waals surface area contributed by atoms with Crippen molar-refractivity contribution in [3.63, 3.8) is 0 Å². The molecule has 0 saturated heterocycles. The molecule has 0 aliphatic carbocycles. The van der Waals surface area contributed by atoms with Crippen molar-refractivity contribution in [2.24, 2.45) is 0 Å². The molecule has 0 aromatic heterocycles. The Bertz CT molecular complexity index is 667. The van der Waals surface area contributed by atoms with E-state index in [9.17, 15) is 18.0 Å². The van der Waals surface area contributed by atoms with Gasteiger partial charge in [-0.1, -0.05) is 0 Å². The molecule has 0 radical (unpaired) electrons. The minimum atomic E-state index is -4.23. The number of benzene rings is 1. The zero-order valence-corrected chi connectivity index (χ0v) is 15.0. The number of carboxylic acid groups (broad SMARTS) is 2. The van der Waals surface area contributed by atoms with Crippen LogP contribution in [0.3, 0.4) is 0 Å². The number of hydrogen-bond acceptors (Lipinski definition) is 5. The van der Waals surface area contributed by atoms with E-state index in [0.29, 0.717) is 18.5 Å². The molecule has 0 amide bonds. The van der Waals surface area contributed by atoms with Crippen LogP contribution in [0.5, 0.6) is 0 Å². The predicted octanol–water partition coefficient (Wildman–Crippen LogP) is 2.51. The van der Waals surface area contributed by atoms with Crippen LogP contribution in [0.15, 0.2) is 23.1 Å². The summed E-state index contributed by atoms with van der Waals surface area (Å²) >= 11 is 0. The molecular formula is C14H21O7PS. The molecule has 130 valence electrons. The second-order valence-electron chi connectivity index (χ2n) is 5.14. The molecule has 23 heavy (non-hydrogen) atoms. The first-order valence-electron chi connectivity index (χ1n) is 7.18. The Kier molecular flexibility index (Phi) is 6.27. The summed E-state index contributed by atoms with van der Waals surface area (Å²) in [5, 5.41) is 18.1. The maximum atomic E-state index is 12.5. The monoisotopic (exact) mass is 364 g/mol. The molecule has 0 aliphatic heterocycles. The van der Waals surface area contributed by atoms with Gasteiger partial charge in [-0.3, -0.25) is 0 Å². The van der Waals surface area contributed by atoms with E-state index in [4.69, 9.17) is 14.2 Å². The van der Waals surface area contributed by atoms with E-state index in [1.165, 1.54) is 0 Å². The summed E-state index contributed by atoms with van der Waals surface area (Å²) in [4.78, 5) is 21.7. The first-order valence-corrected chi connectivity index (χ1v) is 11.1. The number of hydrogen-bond donors (Lipinski definition) is 2. The number of rotatable bonds is 8. The maximum absolute atomic E-state index is 12.5. The van der Waals surface area contributed by atoms with Crippen LogP contribution in [0.2, 0.25) is 0 Å². The standard InChI is InChI=1S/C14H21O7PS/c1-4-22(5-2,6-3)21-23(19,20)12-8-10(13(15)16)7-11(9-12)14(17)18/h7-9,22H,4-6H2,1-3H3,(H,15,16)(H,17,18). The fourth-order valence-electron chi connectivity index (χ4n) is 2.20. The van der Waals surface area contributed by atoms with Gasteiger partial charge in [-0.25, -0.2) is 0 Å². The van der Waals surface area contributed by atoms with Gasteiger partial charge in [0.05, 0.1) is 0 Å². The predicted molar refractivity (Wildman–Crippen MR) is 88.6 cm³/mol. The Balaban J connectivity index is 3.43. The van der Waals surface area contributed by atoms with Gasteiger partial charge in [0.15, 0.2) is 0 Å². The summed E-state index contributed by atoms with van der Waals surface area (Å²) in [5.41, 5.74) is -0.826. The third kappa shape index (κ3) is 4.50. The van der Waals surface area contributed by atoms with Gasteiger partial charge in [-0.15, -0.1) is 0 Å². The van der Waals surface area contributed by atoms with Crippen LogP contribution >= 0.6 is 7.49 Å². The molecule has 0 fully saturated rings. The second kappa shape index (κ2) is 7.38. The quantitative estimate of drug-likeness (QED) is 0.680. The zero-order chi connectivity index (χ0) is 17.8. The van der Waals surface area contributed by atoms with Crippen molar-refractivity contribution in [1.82, 2.24) is 0 Å². The molecular weight excluding hydrogens is 343 g/mol. The molecule has 0 bridgehead atoms. The van der Waals surface area contributed by atoms with Gasteiger partial charge < -0.3 is 0 Å². The molecule has 1 rings (SSSR count). The molecule has 0 aliphatic rings. The molecule has 0 unspecified atom stereocenters. The molecule has 0 atom stereocenters. The van der Waals surface area contributed by atoms with Crippen LogP contribution < -0.4 is 0 Å². The second-order valence-corrected chi connectivity index (χ2v) is 11.7.